The van der Waals surface area contributed by atoms with Gasteiger partial charge < -0.3 is 15.1 Å². The van der Waals surface area contributed by atoms with E-state index in [-0.39, 0.29) is 29.8 Å². The predicted molar refractivity (Wildman–Crippen MR) is 97.8 cm³/mol. The number of carbonyl (C=O) groups is 3. The van der Waals surface area contributed by atoms with Crippen LogP contribution in [0.2, 0.25) is 0 Å². The van der Waals surface area contributed by atoms with E-state index >= 15 is 0 Å². The lowest BCUT2D eigenvalue weighted by Crippen LogP contribution is -2.70. The number of hydrogen-bond donors (Lipinski definition) is 1. The fraction of sp³-hybridized carbons (Fsp3) is 0.316. The average molecular weight is 387 g/mol. The summed E-state index contributed by atoms with van der Waals surface area (Å²) in [7, 11) is 0. The standard InChI is InChI=1S/C19H18FN3O3S/c20-13-4-1-3-12(9-13)18(25)22-6-7-23-16(11-22)17(24)21-15(19(23)26)10-14-5-2-8-27-14/h1-5,8-9,15-16H,6-7,10-11H2,(H,21,24). The van der Waals surface area contributed by atoms with Crippen molar-refractivity contribution in [3.8, 4) is 0 Å². The van der Waals surface area contributed by atoms with E-state index in [1.807, 2.05) is 17.5 Å². The summed E-state index contributed by atoms with van der Waals surface area (Å²) in [5.41, 5.74) is 0.238. The summed E-state index contributed by atoms with van der Waals surface area (Å²) in [5, 5.41) is 4.73. The van der Waals surface area contributed by atoms with Gasteiger partial charge in [0.25, 0.3) is 5.91 Å². The zero-order valence-corrected chi connectivity index (χ0v) is 15.2. The molecule has 27 heavy (non-hydrogen) atoms. The summed E-state index contributed by atoms with van der Waals surface area (Å²) >= 11 is 1.55. The highest BCUT2D eigenvalue weighted by Crippen LogP contribution is 2.21. The Bertz CT molecular complexity index is 886. The fourth-order valence-electron chi connectivity index (χ4n) is 3.56. The van der Waals surface area contributed by atoms with E-state index in [1.54, 1.807) is 22.3 Å². The van der Waals surface area contributed by atoms with E-state index < -0.39 is 17.9 Å². The maximum atomic E-state index is 13.4. The third kappa shape index (κ3) is 3.44. The molecular weight excluding hydrogens is 369 g/mol. The van der Waals surface area contributed by atoms with Crippen molar-refractivity contribution >= 4 is 29.1 Å². The first-order chi connectivity index (χ1) is 13.0. The Labute approximate surface area is 159 Å². The van der Waals surface area contributed by atoms with Gasteiger partial charge in [-0.2, -0.15) is 0 Å². The second kappa shape index (κ2) is 7.11. The van der Waals surface area contributed by atoms with Crippen molar-refractivity contribution in [1.82, 2.24) is 15.1 Å². The van der Waals surface area contributed by atoms with Gasteiger partial charge in [-0.25, -0.2) is 4.39 Å². The number of amides is 3. The van der Waals surface area contributed by atoms with Crippen LogP contribution in [0.1, 0.15) is 15.2 Å². The van der Waals surface area contributed by atoms with Gasteiger partial charge in [-0.3, -0.25) is 14.4 Å². The minimum absolute atomic E-state index is 0.110. The third-order valence-electron chi connectivity index (χ3n) is 4.92. The van der Waals surface area contributed by atoms with Crippen molar-refractivity contribution in [3.05, 3.63) is 58.0 Å². The van der Waals surface area contributed by atoms with Crippen molar-refractivity contribution in [2.75, 3.05) is 19.6 Å². The summed E-state index contributed by atoms with van der Waals surface area (Å²) in [6.07, 6.45) is 0.470. The second-order valence-corrected chi connectivity index (χ2v) is 7.69. The van der Waals surface area contributed by atoms with Crippen LogP contribution in [-0.4, -0.2) is 59.2 Å². The summed E-state index contributed by atoms with van der Waals surface area (Å²) in [6.45, 7) is 0.716. The van der Waals surface area contributed by atoms with Gasteiger partial charge in [0.1, 0.15) is 17.9 Å². The Kier molecular flexibility index (Phi) is 4.65. The van der Waals surface area contributed by atoms with Gasteiger partial charge in [0, 0.05) is 30.0 Å². The summed E-state index contributed by atoms with van der Waals surface area (Å²) in [4.78, 5) is 42.1. The number of halogens is 1. The number of rotatable bonds is 3. The van der Waals surface area contributed by atoms with Crippen LogP contribution in [0.4, 0.5) is 4.39 Å². The highest BCUT2D eigenvalue weighted by atomic mass is 32.1. The fourth-order valence-corrected chi connectivity index (χ4v) is 4.31. The van der Waals surface area contributed by atoms with Crippen LogP contribution in [0.5, 0.6) is 0 Å². The number of carbonyl (C=O) groups excluding carboxylic acids is 3. The minimum atomic E-state index is -0.705. The Hall–Kier alpha value is -2.74. The molecule has 0 bridgehead atoms. The number of fused-ring (bicyclic) bond motifs is 1. The highest BCUT2D eigenvalue weighted by Gasteiger charge is 2.44. The lowest BCUT2D eigenvalue weighted by molar-refractivity contribution is -0.152. The highest BCUT2D eigenvalue weighted by molar-refractivity contribution is 7.09. The predicted octanol–water partition coefficient (Wildman–Crippen LogP) is 1.28. The SMILES string of the molecule is O=C1NC(Cc2cccs2)C(=O)N2CCN(C(=O)c3cccc(F)c3)CC12. The number of benzene rings is 1. The number of piperazine rings is 2. The van der Waals surface area contributed by atoms with E-state index in [4.69, 9.17) is 0 Å². The molecule has 2 fully saturated rings. The van der Waals surface area contributed by atoms with Crippen LogP contribution in [0.3, 0.4) is 0 Å². The molecule has 0 spiro atoms. The normalized spacial score (nSPS) is 22.4. The number of hydrogen-bond acceptors (Lipinski definition) is 4. The molecule has 2 aromatic rings. The van der Waals surface area contributed by atoms with Crippen LogP contribution in [-0.2, 0) is 16.0 Å². The zero-order valence-electron chi connectivity index (χ0n) is 14.4. The molecule has 2 unspecified atom stereocenters. The van der Waals surface area contributed by atoms with Gasteiger partial charge in [-0.1, -0.05) is 12.1 Å². The quantitative estimate of drug-likeness (QED) is 0.863. The molecule has 0 radical (unpaired) electrons. The van der Waals surface area contributed by atoms with Crippen LogP contribution < -0.4 is 5.32 Å². The Balaban J connectivity index is 1.47. The smallest absolute Gasteiger partial charge is 0.254 e. The molecule has 1 aromatic carbocycles. The van der Waals surface area contributed by atoms with Crippen LogP contribution >= 0.6 is 11.3 Å². The van der Waals surface area contributed by atoms with Gasteiger partial charge in [0.2, 0.25) is 11.8 Å². The van der Waals surface area contributed by atoms with E-state index in [0.29, 0.717) is 19.5 Å². The molecule has 2 aliphatic rings. The molecular formula is C19H18FN3O3S. The average Bonchev–Trinajstić information content (AvgIpc) is 3.18. The van der Waals surface area contributed by atoms with E-state index in [9.17, 15) is 18.8 Å². The van der Waals surface area contributed by atoms with Gasteiger partial charge >= 0.3 is 0 Å². The molecule has 6 nitrogen and oxygen atoms in total. The van der Waals surface area contributed by atoms with Crippen molar-refractivity contribution in [1.29, 1.82) is 0 Å². The van der Waals surface area contributed by atoms with Gasteiger partial charge in [0.15, 0.2) is 0 Å². The van der Waals surface area contributed by atoms with Crippen molar-refractivity contribution in [2.24, 2.45) is 0 Å². The monoisotopic (exact) mass is 387 g/mol. The Morgan fingerprint density at radius 2 is 2.07 bits per heavy atom. The maximum Gasteiger partial charge on any atom is 0.254 e. The molecule has 3 amide bonds. The Morgan fingerprint density at radius 3 is 2.81 bits per heavy atom. The molecule has 8 heteroatoms. The van der Waals surface area contributed by atoms with Gasteiger partial charge in [0.05, 0.1) is 6.54 Å². The molecule has 2 saturated heterocycles. The zero-order chi connectivity index (χ0) is 19.0. The van der Waals surface area contributed by atoms with Crippen molar-refractivity contribution < 1.29 is 18.8 Å². The number of thiophene rings is 1. The van der Waals surface area contributed by atoms with Crippen LogP contribution in [0, 0.1) is 5.82 Å². The van der Waals surface area contributed by atoms with E-state index in [2.05, 4.69) is 5.32 Å². The topological polar surface area (TPSA) is 69.7 Å². The van der Waals surface area contributed by atoms with Gasteiger partial charge in [-0.15, -0.1) is 11.3 Å². The third-order valence-corrected chi connectivity index (χ3v) is 5.82. The number of nitrogens with one attached hydrogen (secondary N) is 1. The maximum absolute atomic E-state index is 13.4. The molecule has 1 aromatic heterocycles. The number of nitrogens with zero attached hydrogens (tertiary/aromatic N) is 2. The lowest BCUT2D eigenvalue weighted by atomic mass is 10.0. The molecule has 0 aliphatic carbocycles. The van der Waals surface area contributed by atoms with Crippen molar-refractivity contribution in [2.45, 2.75) is 18.5 Å². The summed E-state index contributed by atoms with van der Waals surface area (Å²) in [5.74, 6) is -1.20. The Morgan fingerprint density at radius 1 is 1.22 bits per heavy atom. The van der Waals surface area contributed by atoms with Crippen LogP contribution in [0.25, 0.3) is 0 Å². The molecule has 4 rings (SSSR count). The second-order valence-electron chi connectivity index (χ2n) is 6.65. The molecule has 140 valence electrons. The lowest BCUT2D eigenvalue weighted by Gasteiger charge is -2.45. The molecule has 1 N–H and O–H groups in total. The van der Waals surface area contributed by atoms with E-state index in [0.717, 1.165) is 4.88 Å². The first kappa shape index (κ1) is 17.7. The largest absolute Gasteiger partial charge is 0.342 e. The molecule has 0 saturated carbocycles. The van der Waals surface area contributed by atoms with Crippen molar-refractivity contribution in [3.63, 3.8) is 0 Å². The van der Waals surface area contributed by atoms with Gasteiger partial charge in [-0.05, 0) is 29.6 Å². The molecule has 2 atom stereocenters. The van der Waals surface area contributed by atoms with E-state index in [1.165, 1.54) is 23.1 Å². The summed E-state index contributed by atoms with van der Waals surface area (Å²) in [6, 6.07) is 8.04. The molecule has 2 aliphatic heterocycles. The first-order valence-corrected chi connectivity index (χ1v) is 9.59. The summed E-state index contributed by atoms with van der Waals surface area (Å²) < 4.78 is 13.4. The molecule has 3 heterocycles. The van der Waals surface area contributed by atoms with Crippen LogP contribution in [0.15, 0.2) is 41.8 Å². The minimum Gasteiger partial charge on any atom is -0.342 e. The first-order valence-electron chi connectivity index (χ1n) is 8.71.